The summed E-state index contributed by atoms with van der Waals surface area (Å²) in [6.07, 6.45) is 0. The largest absolute Gasteiger partial charge is 0.364 e. The van der Waals surface area contributed by atoms with Gasteiger partial charge < -0.3 is 15.1 Å². The molecular formula is C27H25ClN6O4. The van der Waals surface area contributed by atoms with Gasteiger partial charge in [0.1, 0.15) is 0 Å². The minimum Gasteiger partial charge on any atom is -0.364 e. The summed E-state index contributed by atoms with van der Waals surface area (Å²) in [5, 5.41) is 20.7. The summed E-state index contributed by atoms with van der Waals surface area (Å²) in [7, 11) is 0. The summed E-state index contributed by atoms with van der Waals surface area (Å²) < 4.78 is 0. The van der Waals surface area contributed by atoms with Crippen LogP contribution in [-0.4, -0.2) is 69.1 Å². The molecule has 0 spiro atoms. The summed E-state index contributed by atoms with van der Waals surface area (Å²) in [5.74, 6) is -0.224. The number of carbonyl (C=O) groups excluding carboxylic acids is 3. The first-order valence-corrected chi connectivity index (χ1v) is 12.4. The zero-order valence-electron chi connectivity index (χ0n) is 20.3. The minimum absolute atomic E-state index is 0.0824. The standard InChI is InChI=1S/C27H25ClN6O4/c28-21-2-1-3-22-23(21)24(31-30-22)29-16-17-4-6-19(7-5-17)26(36)33-12-14-34(15-13-33)27(37)20-10-8-18(9-11-20)25(35)32-38/h1-11,38H,12-16H2,(H,32,35)(H2,29,30,31). The van der Waals surface area contributed by atoms with E-state index in [4.69, 9.17) is 16.8 Å². The molecule has 2 heterocycles. The molecule has 4 aromatic rings. The van der Waals surface area contributed by atoms with Crippen molar-refractivity contribution < 1.29 is 19.6 Å². The van der Waals surface area contributed by atoms with Gasteiger partial charge in [0.2, 0.25) is 0 Å². The van der Waals surface area contributed by atoms with E-state index < -0.39 is 5.91 Å². The molecule has 3 aromatic carbocycles. The van der Waals surface area contributed by atoms with Gasteiger partial charge in [0.25, 0.3) is 17.7 Å². The van der Waals surface area contributed by atoms with E-state index in [9.17, 15) is 14.4 Å². The average Bonchev–Trinajstić information content (AvgIpc) is 3.40. The lowest BCUT2D eigenvalue weighted by atomic mass is 10.1. The van der Waals surface area contributed by atoms with Gasteiger partial charge in [0, 0.05) is 49.4 Å². The van der Waals surface area contributed by atoms with E-state index in [0.717, 1.165) is 16.5 Å². The Kier molecular flexibility index (Phi) is 7.25. The second kappa shape index (κ2) is 10.9. The van der Waals surface area contributed by atoms with E-state index >= 15 is 0 Å². The van der Waals surface area contributed by atoms with Crippen LogP contribution in [-0.2, 0) is 6.54 Å². The van der Waals surface area contributed by atoms with E-state index in [1.807, 2.05) is 30.3 Å². The molecule has 10 nitrogen and oxygen atoms in total. The van der Waals surface area contributed by atoms with Crippen LogP contribution in [0, 0.1) is 0 Å². The Hall–Kier alpha value is -4.41. The Morgan fingerprint density at radius 2 is 1.39 bits per heavy atom. The van der Waals surface area contributed by atoms with Crippen molar-refractivity contribution in [2.75, 3.05) is 31.5 Å². The van der Waals surface area contributed by atoms with Crippen LogP contribution in [0.15, 0.2) is 66.7 Å². The van der Waals surface area contributed by atoms with Crippen molar-refractivity contribution in [1.29, 1.82) is 0 Å². The lowest BCUT2D eigenvalue weighted by Crippen LogP contribution is -2.50. The van der Waals surface area contributed by atoms with E-state index in [1.54, 1.807) is 39.5 Å². The molecule has 1 saturated heterocycles. The molecule has 0 saturated carbocycles. The van der Waals surface area contributed by atoms with Gasteiger partial charge in [-0.25, -0.2) is 5.48 Å². The topological polar surface area (TPSA) is 131 Å². The summed E-state index contributed by atoms with van der Waals surface area (Å²) in [6.45, 7) is 2.18. The van der Waals surface area contributed by atoms with E-state index in [1.165, 1.54) is 12.1 Å². The van der Waals surface area contributed by atoms with E-state index in [2.05, 4.69) is 15.5 Å². The number of halogens is 1. The van der Waals surface area contributed by atoms with Crippen molar-refractivity contribution in [1.82, 2.24) is 25.5 Å². The number of benzene rings is 3. The van der Waals surface area contributed by atoms with Gasteiger partial charge in [-0.15, -0.1) is 0 Å². The molecule has 1 aromatic heterocycles. The zero-order valence-corrected chi connectivity index (χ0v) is 21.0. The molecule has 3 amide bonds. The highest BCUT2D eigenvalue weighted by Gasteiger charge is 2.25. The fourth-order valence-corrected chi connectivity index (χ4v) is 4.68. The molecule has 1 aliphatic rings. The summed E-state index contributed by atoms with van der Waals surface area (Å²) in [6, 6.07) is 19.0. The molecule has 11 heteroatoms. The monoisotopic (exact) mass is 532 g/mol. The fraction of sp³-hybridized carbons (Fsp3) is 0.185. The third kappa shape index (κ3) is 5.17. The summed E-state index contributed by atoms with van der Waals surface area (Å²) in [4.78, 5) is 40.7. The van der Waals surface area contributed by atoms with Crippen LogP contribution in [0.3, 0.4) is 0 Å². The van der Waals surface area contributed by atoms with Crippen LogP contribution in [0.2, 0.25) is 5.02 Å². The SMILES string of the molecule is O=C(NO)c1ccc(C(=O)N2CCN(C(=O)c3ccc(CNc4n[nH]c5cccc(Cl)c45)cc3)CC2)cc1. The Morgan fingerprint density at radius 1 is 0.842 bits per heavy atom. The Morgan fingerprint density at radius 3 is 1.97 bits per heavy atom. The summed E-state index contributed by atoms with van der Waals surface area (Å²) in [5.41, 5.74) is 4.68. The number of aromatic amines is 1. The number of hydrogen-bond acceptors (Lipinski definition) is 6. The number of carbonyl (C=O) groups is 3. The number of aromatic nitrogens is 2. The number of piperazine rings is 1. The second-order valence-corrected chi connectivity index (χ2v) is 9.29. The maximum absolute atomic E-state index is 13.0. The van der Waals surface area contributed by atoms with Gasteiger partial charge in [-0.3, -0.25) is 24.7 Å². The molecule has 5 rings (SSSR count). The normalized spacial score (nSPS) is 13.4. The van der Waals surface area contributed by atoms with Gasteiger partial charge in [-0.2, -0.15) is 5.10 Å². The number of anilines is 1. The lowest BCUT2D eigenvalue weighted by Gasteiger charge is -2.35. The van der Waals surface area contributed by atoms with Crippen molar-refractivity contribution in [3.63, 3.8) is 0 Å². The second-order valence-electron chi connectivity index (χ2n) is 8.89. The number of hydroxylamine groups is 1. The lowest BCUT2D eigenvalue weighted by molar-refractivity contribution is 0.0535. The van der Waals surface area contributed by atoms with Crippen LogP contribution < -0.4 is 10.8 Å². The van der Waals surface area contributed by atoms with Crippen molar-refractivity contribution in [2.45, 2.75) is 6.54 Å². The van der Waals surface area contributed by atoms with Gasteiger partial charge in [0.05, 0.1) is 15.9 Å². The smallest absolute Gasteiger partial charge is 0.274 e. The van der Waals surface area contributed by atoms with Crippen molar-refractivity contribution in [3.8, 4) is 0 Å². The van der Waals surface area contributed by atoms with Crippen molar-refractivity contribution in [3.05, 3.63) is 94.0 Å². The Bertz CT molecular complexity index is 1480. The predicted octanol–water partition coefficient (Wildman–Crippen LogP) is 3.55. The van der Waals surface area contributed by atoms with E-state index in [0.29, 0.717) is 54.7 Å². The maximum atomic E-state index is 13.0. The van der Waals surface area contributed by atoms with Gasteiger partial charge in [-0.1, -0.05) is 29.8 Å². The fourth-order valence-electron chi connectivity index (χ4n) is 4.42. The van der Waals surface area contributed by atoms with Crippen molar-refractivity contribution >= 4 is 46.0 Å². The molecule has 38 heavy (non-hydrogen) atoms. The molecule has 4 N–H and O–H groups in total. The number of fused-ring (bicyclic) bond motifs is 1. The first-order chi connectivity index (χ1) is 18.4. The first kappa shape index (κ1) is 25.2. The van der Waals surface area contributed by atoms with E-state index in [-0.39, 0.29) is 17.4 Å². The van der Waals surface area contributed by atoms with Crippen LogP contribution in [0.25, 0.3) is 10.9 Å². The maximum Gasteiger partial charge on any atom is 0.274 e. The molecular weight excluding hydrogens is 508 g/mol. The average molecular weight is 533 g/mol. The van der Waals surface area contributed by atoms with Gasteiger partial charge in [-0.05, 0) is 54.1 Å². The number of hydrogen-bond donors (Lipinski definition) is 4. The third-order valence-electron chi connectivity index (χ3n) is 6.55. The highest BCUT2D eigenvalue weighted by molar-refractivity contribution is 6.36. The van der Waals surface area contributed by atoms with Crippen LogP contribution in [0.5, 0.6) is 0 Å². The number of rotatable bonds is 6. The predicted molar refractivity (Wildman–Crippen MR) is 142 cm³/mol. The molecule has 0 aliphatic carbocycles. The highest BCUT2D eigenvalue weighted by atomic mass is 35.5. The zero-order chi connectivity index (χ0) is 26.6. The Balaban J connectivity index is 1.14. The molecule has 0 radical (unpaired) electrons. The number of H-pyrrole nitrogens is 1. The quantitative estimate of drug-likeness (QED) is 0.222. The number of amides is 3. The molecule has 0 atom stereocenters. The Labute approximate surface area is 223 Å². The van der Waals surface area contributed by atoms with Gasteiger partial charge >= 0.3 is 0 Å². The van der Waals surface area contributed by atoms with Gasteiger partial charge in [0.15, 0.2) is 5.82 Å². The number of nitrogens with zero attached hydrogens (tertiary/aromatic N) is 3. The van der Waals surface area contributed by atoms with Crippen LogP contribution >= 0.6 is 11.6 Å². The molecule has 0 bridgehead atoms. The first-order valence-electron chi connectivity index (χ1n) is 12.0. The third-order valence-corrected chi connectivity index (χ3v) is 6.86. The van der Waals surface area contributed by atoms with Crippen molar-refractivity contribution in [2.24, 2.45) is 0 Å². The molecule has 0 unspecified atom stereocenters. The molecule has 1 fully saturated rings. The molecule has 194 valence electrons. The minimum atomic E-state index is -0.642. The highest BCUT2D eigenvalue weighted by Crippen LogP contribution is 2.28. The molecule has 1 aliphatic heterocycles. The van der Waals surface area contributed by atoms with Crippen LogP contribution in [0.1, 0.15) is 36.6 Å². The summed E-state index contributed by atoms with van der Waals surface area (Å²) >= 11 is 6.31. The van der Waals surface area contributed by atoms with Crippen LogP contribution in [0.4, 0.5) is 5.82 Å². The number of nitrogens with one attached hydrogen (secondary N) is 3.